The molecule has 0 fully saturated rings. The third kappa shape index (κ3) is 5.36. The van der Waals surface area contributed by atoms with Gasteiger partial charge in [-0.3, -0.25) is 4.79 Å². The number of nitrogens with one attached hydrogen (secondary N) is 1. The molecule has 24 heavy (non-hydrogen) atoms. The zero-order valence-corrected chi connectivity index (χ0v) is 14.4. The smallest absolute Gasteiger partial charge is 0.238 e. The summed E-state index contributed by atoms with van der Waals surface area (Å²) in [6, 6.07) is 11.5. The van der Waals surface area contributed by atoms with E-state index in [2.05, 4.69) is 5.32 Å². The number of carbonyl (C=O) groups excluding carboxylic acids is 1. The highest BCUT2D eigenvalue weighted by Crippen LogP contribution is 2.17. The Hall–Kier alpha value is -2.38. The van der Waals surface area contributed by atoms with Gasteiger partial charge in [-0.1, -0.05) is 6.07 Å². The normalized spacial score (nSPS) is 11.1. The topological polar surface area (TPSA) is 98.5 Å². The van der Waals surface area contributed by atoms with Gasteiger partial charge in [0.1, 0.15) is 5.75 Å². The standard InChI is InChI=1S/C17H20N2O4S/c1-12-9-13(2)11-15(10-12)23-8-7-17(20)19-14-3-5-16(6-4-14)24(18,21)22/h3-6,9-11H,7-8H2,1-2H3,(H,19,20)(H2,18,21,22). The molecule has 0 aliphatic heterocycles. The fourth-order valence-electron chi connectivity index (χ4n) is 2.23. The lowest BCUT2D eigenvalue weighted by atomic mass is 10.1. The molecule has 0 aliphatic rings. The Morgan fingerprint density at radius 3 is 2.21 bits per heavy atom. The van der Waals surface area contributed by atoms with Crippen molar-refractivity contribution in [3.05, 3.63) is 53.6 Å². The molecule has 0 bridgehead atoms. The molecule has 6 nitrogen and oxygen atoms in total. The summed E-state index contributed by atoms with van der Waals surface area (Å²) in [5, 5.41) is 7.69. The van der Waals surface area contributed by atoms with Crippen LogP contribution in [0.2, 0.25) is 0 Å². The maximum atomic E-state index is 11.9. The number of sulfonamides is 1. The van der Waals surface area contributed by atoms with Crippen LogP contribution in [0.5, 0.6) is 5.75 Å². The Bertz CT molecular complexity index is 810. The summed E-state index contributed by atoms with van der Waals surface area (Å²) in [4.78, 5) is 11.9. The van der Waals surface area contributed by atoms with Gasteiger partial charge in [0.15, 0.2) is 0 Å². The van der Waals surface area contributed by atoms with Crippen LogP contribution in [0.4, 0.5) is 5.69 Å². The number of rotatable bonds is 6. The summed E-state index contributed by atoms with van der Waals surface area (Å²) < 4.78 is 27.9. The molecule has 1 amide bonds. The number of aryl methyl sites for hydroxylation is 2. The molecule has 2 aromatic carbocycles. The molecule has 7 heteroatoms. The van der Waals surface area contributed by atoms with Crippen molar-refractivity contribution in [1.29, 1.82) is 0 Å². The molecule has 128 valence electrons. The molecule has 0 radical (unpaired) electrons. The van der Waals surface area contributed by atoms with Gasteiger partial charge in [-0.2, -0.15) is 0 Å². The van der Waals surface area contributed by atoms with Crippen LogP contribution in [0, 0.1) is 13.8 Å². The monoisotopic (exact) mass is 348 g/mol. The molecule has 2 rings (SSSR count). The van der Waals surface area contributed by atoms with Gasteiger partial charge in [0.05, 0.1) is 17.9 Å². The summed E-state index contributed by atoms with van der Waals surface area (Å²) in [6.07, 6.45) is 0.184. The van der Waals surface area contributed by atoms with Gasteiger partial charge in [0.25, 0.3) is 0 Å². The molecule has 3 N–H and O–H groups in total. The molecule has 0 aromatic heterocycles. The first-order chi connectivity index (χ1) is 11.2. The lowest BCUT2D eigenvalue weighted by Crippen LogP contribution is -2.16. The maximum absolute atomic E-state index is 11.9. The molecule has 0 saturated heterocycles. The van der Waals surface area contributed by atoms with Crippen molar-refractivity contribution in [1.82, 2.24) is 0 Å². The van der Waals surface area contributed by atoms with E-state index in [9.17, 15) is 13.2 Å². The molecule has 0 unspecified atom stereocenters. The van der Waals surface area contributed by atoms with Crippen molar-refractivity contribution in [2.24, 2.45) is 5.14 Å². The summed E-state index contributed by atoms with van der Waals surface area (Å²) in [5.41, 5.74) is 2.70. The van der Waals surface area contributed by atoms with E-state index >= 15 is 0 Å². The molecular formula is C17H20N2O4S. The molecule has 0 spiro atoms. The number of hydrogen-bond donors (Lipinski definition) is 2. The molecule has 0 atom stereocenters. The zero-order chi connectivity index (χ0) is 17.7. The Kier molecular flexibility index (Phi) is 5.58. The van der Waals surface area contributed by atoms with Gasteiger partial charge in [0.2, 0.25) is 15.9 Å². The van der Waals surface area contributed by atoms with E-state index in [1.807, 2.05) is 32.0 Å². The average Bonchev–Trinajstić information content (AvgIpc) is 2.45. The highest BCUT2D eigenvalue weighted by molar-refractivity contribution is 7.89. The van der Waals surface area contributed by atoms with Crippen LogP contribution in [0.15, 0.2) is 47.4 Å². The maximum Gasteiger partial charge on any atom is 0.238 e. The fraction of sp³-hybridized carbons (Fsp3) is 0.235. The summed E-state index contributed by atoms with van der Waals surface area (Å²) in [6.45, 7) is 4.22. The summed E-state index contributed by atoms with van der Waals surface area (Å²) in [5.74, 6) is 0.514. The van der Waals surface area contributed by atoms with E-state index in [0.717, 1.165) is 16.9 Å². The molecule has 0 aliphatic carbocycles. The largest absolute Gasteiger partial charge is 0.493 e. The van der Waals surface area contributed by atoms with Gasteiger partial charge in [-0.15, -0.1) is 0 Å². The third-order valence-electron chi connectivity index (χ3n) is 3.26. The first-order valence-electron chi connectivity index (χ1n) is 7.38. The second-order valence-corrected chi connectivity index (χ2v) is 7.10. The van der Waals surface area contributed by atoms with Crippen molar-refractivity contribution in [3.63, 3.8) is 0 Å². The second kappa shape index (κ2) is 7.46. The number of benzene rings is 2. The van der Waals surface area contributed by atoms with Crippen LogP contribution >= 0.6 is 0 Å². The minimum atomic E-state index is -3.73. The fourth-order valence-corrected chi connectivity index (χ4v) is 2.74. The van der Waals surface area contributed by atoms with Gasteiger partial charge in [-0.05, 0) is 61.4 Å². The van der Waals surface area contributed by atoms with Gasteiger partial charge in [-0.25, -0.2) is 13.6 Å². The van der Waals surface area contributed by atoms with E-state index < -0.39 is 10.0 Å². The first-order valence-corrected chi connectivity index (χ1v) is 8.92. The van der Waals surface area contributed by atoms with E-state index in [-0.39, 0.29) is 23.8 Å². The molecule has 2 aromatic rings. The van der Waals surface area contributed by atoms with Crippen LogP contribution in [-0.2, 0) is 14.8 Å². The van der Waals surface area contributed by atoms with Crippen LogP contribution in [0.25, 0.3) is 0 Å². The second-order valence-electron chi connectivity index (χ2n) is 5.54. The quantitative estimate of drug-likeness (QED) is 0.837. The minimum absolute atomic E-state index is 0.00125. The Morgan fingerprint density at radius 1 is 1.08 bits per heavy atom. The summed E-state index contributed by atoms with van der Waals surface area (Å²) >= 11 is 0. The molecule has 0 heterocycles. The Morgan fingerprint density at radius 2 is 1.67 bits per heavy atom. The van der Waals surface area contributed by atoms with Crippen molar-refractivity contribution in [2.45, 2.75) is 25.2 Å². The first kappa shape index (κ1) is 18.0. The highest BCUT2D eigenvalue weighted by atomic mass is 32.2. The van der Waals surface area contributed by atoms with E-state index in [1.165, 1.54) is 24.3 Å². The Labute approximate surface area is 141 Å². The number of carbonyl (C=O) groups is 1. The van der Waals surface area contributed by atoms with E-state index in [0.29, 0.717) is 5.69 Å². The number of primary sulfonamides is 1. The van der Waals surface area contributed by atoms with E-state index in [1.54, 1.807) is 0 Å². The number of amides is 1. The molecule has 0 saturated carbocycles. The molecular weight excluding hydrogens is 328 g/mol. The zero-order valence-electron chi connectivity index (χ0n) is 13.6. The highest BCUT2D eigenvalue weighted by Gasteiger charge is 2.08. The van der Waals surface area contributed by atoms with Crippen LogP contribution in [0.1, 0.15) is 17.5 Å². The SMILES string of the molecule is Cc1cc(C)cc(OCCC(=O)Nc2ccc(S(N)(=O)=O)cc2)c1. The predicted octanol–water partition coefficient (Wildman–Crippen LogP) is 2.36. The van der Waals surface area contributed by atoms with Crippen molar-refractivity contribution < 1.29 is 17.9 Å². The van der Waals surface area contributed by atoms with Gasteiger partial charge in [0, 0.05) is 5.69 Å². The predicted molar refractivity (Wildman–Crippen MR) is 92.5 cm³/mol. The van der Waals surface area contributed by atoms with Gasteiger partial charge < -0.3 is 10.1 Å². The number of ether oxygens (including phenoxy) is 1. The third-order valence-corrected chi connectivity index (χ3v) is 4.19. The average molecular weight is 348 g/mol. The van der Waals surface area contributed by atoms with Crippen molar-refractivity contribution in [3.8, 4) is 5.75 Å². The van der Waals surface area contributed by atoms with Crippen LogP contribution in [-0.4, -0.2) is 20.9 Å². The number of nitrogens with two attached hydrogens (primary N) is 1. The number of anilines is 1. The van der Waals surface area contributed by atoms with Gasteiger partial charge >= 0.3 is 0 Å². The van der Waals surface area contributed by atoms with Crippen LogP contribution < -0.4 is 15.2 Å². The van der Waals surface area contributed by atoms with Crippen molar-refractivity contribution >= 4 is 21.6 Å². The van der Waals surface area contributed by atoms with E-state index in [4.69, 9.17) is 9.88 Å². The van der Waals surface area contributed by atoms with Crippen molar-refractivity contribution in [2.75, 3.05) is 11.9 Å². The Balaban J connectivity index is 1.85. The summed E-state index contributed by atoms with van der Waals surface area (Å²) in [7, 11) is -3.73. The number of hydrogen-bond acceptors (Lipinski definition) is 4. The van der Waals surface area contributed by atoms with Crippen LogP contribution in [0.3, 0.4) is 0 Å². The lowest BCUT2D eigenvalue weighted by molar-refractivity contribution is -0.116. The lowest BCUT2D eigenvalue weighted by Gasteiger charge is -2.09. The minimum Gasteiger partial charge on any atom is -0.493 e.